The van der Waals surface area contributed by atoms with Crippen LogP contribution < -0.4 is 0 Å². The van der Waals surface area contributed by atoms with E-state index in [9.17, 15) is 19.2 Å². The van der Waals surface area contributed by atoms with Crippen molar-refractivity contribution in [3.05, 3.63) is 35.5 Å². The zero-order valence-electron chi connectivity index (χ0n) is 14.6. The van der Waals surface area contributed by atoms with Crippen molar-refractivity contribution in [1.82, 2.24) is 4.98 Å². The molecule has 0 aliphatic rings. The molecule has 0 amide bonds. The Morgan fingerprint density at radius 2 is 1.50 bits per heavy atom. The molecule has 9 heteroatoms. The van der Waals surface area contributed by atoms with Gasteiger partial charge in [-0.05, 0) is 6.07 Å². The number of para-hydroxylation sites is 1. The maximum absolute atomic E-state index is 12.6. The number of nitrogens with one attached hydrogen (secondary N) is 1. The molecule has 1 aromatic carbocycles. The standard InChI is InChI=1S/C17H17NO8/c1-9(19)26-17(15(21)24-3,16(22)25-4)12-10-7-5-6-8-11(10)18-13(12)14(20)23-2/h5-8,18H,1-4H3. The van der Waals surface area contributed by atoms with E-state index in [-0.39, 0.29) is 16.6 Å². The van der Waals surface area contributed by atoms with Gasteiger partial charge in [0.05, 0.1) is 26.9 Å². The first-order chi connectivity index (χ1) is 12.3. The minimum Gasteiger partial charge on any atom is -0.465 e. The third-order valence-corrected chi connectivity index (χ3v) is 3.69. The lowest BCUT2D eigenvalue weighted by Gasteiger charge is -2.28. The van der Waals surface area contributed by atoms with E-state index < -0.39 is 29.5 Å². The average Bonchev–Trinajstić information content (AvgIpc) is 3.03. The van der Waals surface area contributed by atoms with Crippen LogP contribution in [0.3, 0.4) is 0 Å². The summed E-state index contributed by atoms with van der Waals surface area (Å²) in [5.74, 6) is -4.29. The predicted molar refractivity (Wildman–Crippen MR) is 87.1 cm³/mol. The van der Waals surface area contributed by atoms with Crippen LogP contribution >= 0.6 is 0 Å². The number of ether oxygens (including phenoxy) is 4. The summed E-state index contributed by atoms with van der Waals surface area (Å²) in [4.78, 5) is 52.0. The molecule has 9 nitrogen and oxygen atoms in total. The van der Waals surface area contributed by atoms with Crippen LogP contribution in [0.1, 0.15) is 23.0 Å². The molecule has 0 bridgehead atoms. The second-order valence-corrected chi connectivity index (χ2v) is 5.17. The van der Waals surface area contributed by atoms with Crippen molar-refractivity contribution >= 4 is 34.8 Å². The zero-order chi connectivity index (χ0) is 19.5. The SMILES string of the molecule is COC(=O)c1[nH]c2ccccc2c1C(OC(C)=O)(C(=O)OC)C(=O)OC. The number of benzene rings is 1. The van der Waals surface area contributed by atoms with Gasteiger partial charge in [-0.15, -0.1) is 0 Å². The first-order valence-electron chi connectivity index (χ1n) is 7.39. The van der Waals surface area contributed by atoms with E-state index >= 15 is 0 Å². The van der Waals surface area contributed by atoms with E-state index in [0.29, 0.717) is 5.52 Å². The maximum atomic E-state index is 12.6. The summed E-state index contributed by atoms with van der Waals surface area (Å²) in [5, 5.41) is 0.282. The monoisotopic (exact) mass is 363 g/mol. The molecule has 2 rings (SSSR count). The Hall–Kier alpha value is -3.36. The molecule has 0 unspecified atom stereocenters. The van der Waals surface area contributed by atoms with Gasteiger partial charge in [0.2, 0.25) is 0 Å². The summed E-state index contributed by atoms with van der Waals surface area (Å²) in [7, 11) is 3.15. The second kappa shape index (κ2) is 7.26. The Kier molecular flexibility index (Phi) is 5.30. The Balaban J connectivity index is 2.99. The van der Waals surface area contributed by atoms with Crippen molar-refractivity contribution in [3.8, 4) is 0 Å². The minimum absolute atomic E-state index is 0.228. The third-order valence-electron chi connectivity index (χ3n) is 3.69. The molecule has 0 spiro atoms. The van der Waals surface area contributed by atoms with Crippen LogP contribution in [0.5, 0.6) is 0 Å². The Morgan fingerprint density at radius 1 is 0.923 bits per heavy atom. The van der Waals surface area contributed by atoms with Crippen molar-refractivity contribution in [1.29, 1.82) is 0 Å². The van der Waals surface area contributed by atoms with Gasteiger partial charge in [0.1, 0.15) is 5.69 Å². The number of hydrogen-bond donors (Lipinski definition) is 1. The topological polar surface area (TPSA) is 121 Å². The summed E-state index contributed by atoms with van der Waals surface area (Å²) in [5.41, 5.74) is -2.70. The molecule has 0 radical (unpaired) electrons. The zero-order valence-corrected chi connectivity index (χ0v) is 14.6. The van der Waals surface area contributed by atoms with E-state index in [4.69, 9.17) is 18.9 Å². The van der Waals surface area contributed by atoms with Gasteiger partial charge in [0, 0.05) is 17.8 Å². The molecule has 0 fully saturated rings. The lowest BCUT2D eigenvalue weighted by atomic mass is 9.90. The maximum Gasteiger partial charge on any atom is 0.367 e. The molecule has 1 N–H and O–H groups in total. The summed E-state index contributed by atoms with van der Waals surface area (Å²) in [6.45, 7) is 1.01. The number of aromatic amines is 1. The Labute approximate surface area is 148 Å². The fourth-order valence-corrected chi connectivity index (χ4v) is 2.69. The molecular weight excluding hydrogens is 346 g/mol. The normalized spacial score (nSPS) is 10.9. The number of carbonyl (C=O) groups is 4. The fourth-order valence-electron chi connectivity index (χ4n) is 2.69. The third kappa shape index (κ3) is 2.87. The Morgan fingerprint density at radius 3 is 2.00 bits per heavy atom. The second-order valence-electron chi connectivity index (χ2n) is 5.17. The van der Waals surface area contributed by atoms with Gasteiger partial charge in [-0.25, -0.2) is 14.4 Å². The van der Waals surface area contributed by atoms with Gasteiger partial charge in [0.15, 0.2) is 0 Å². The lowest BCUT2D eigenvalue weighted by molar-refractivity contribution is -0.194. The van der Waals surface area contributed by atoms with Crippen LogP contribution in [-0.4, -0.2) is 50.2 Å². The van der Waals surface area contributed by atoms with Crippen molar-refractivity contribution in [2.45, 2.75) is 12.5 Å². The van der Waals surface area contributed by atoms with Crippen LogP contribution in [0, 0.1) is 0 Å². The highest BCUT2D eigenvalue weighted by atomic mass is 16.6. The molecule has 2 aromatic rings. The van der Waals surface area contributed by atoms with Gasteiger partial charge in [-0.1, -0.05) is 18.2 Å². The van der Waals surface area contributed by atoms with Crippen LogP contribution in [0.25, 0.3) is 10.9 Å². The summed E-state index contributed by atoms with van der Waals surface area (Å²) < 4.78 is 19.2. The van der Waals surface area contributed by atoms with Gasteiger partial charge >= 0.3 is 29.5 Å². The number of fused-ring (bicyclic) bond motifs is 1. The van der Waals surface area contributed by atoms with Crippen LogP contribution in [-0.2, 0) is 38.9 Å². The number of rotatable bonds is 5. The van der Waals surface area contributed by atoms with Crippen LogP contribution in [0.4, 0.5) is 0 Å². The summed E-state index contributed by atoms with van der Waals surface area (Å²) in [6, 6.07) is 6.44. The number of esters is 4. The molecule has 138 valence electrons. The van der Waals surface area contributed by atoms with E-state index in [0.717, 1.165) is 28.3 Å². The molecule has 0 aliphatic heterocycles. The van der Waals surface area contributed by atoms with Crippen molar-refractivity contribution in [2.24, 2.45) is 0 Å². The smallest absolute Gasteiger partial charge is 0.367 e. The highest BCUT2D eigenvalue weighted by Crippen LogP contribution is 2.38. The average molecular weight is 363 g/mol. The van der Waals surface area contributed by atoms with Gasteiger partial charge < -0.3 is 23.9 Å². The predicted octanol–water partition coefficient (Wildman–Crippen LogP) is 1.06. The first-order valence-corrected chi connectivity index (χ1v) is 7.39. The summed E-state index contributed by atoms with van der Waals surface area (Å²) in [6.07, 6.45) is 0. The number of H-pyrrole nitrogens is 1. The van der Waals surface area contributed by atoms with Gasteiger partial charge in [-0.3, -0.25) is 4.79 Å². The number of hydrogen-bond acceptors (Lipinski definition) is 8. The molecule has 0 saturated carbocycles. The Bertz CT molecular complexity index is 866. The summed E-state index contributed by atoms with van der Waals surface area (Å²) >= 11 is 0. The lowest BCUT2D eigenvalue weighted by Crippen LogP contribution is -2.49. The van der Waals surface area contributed by atoms with E-state index in [1.165, 1.54) is 6.07 Å². The molecule has 0 atom stereocenters. The molecule has 0 saturated heterocycles. The van der Waals surface area contributed by atoms with Crippen molar-refractivity contribution in [3.63, 3.8) is 0 Å². The molecule has 26 heavy (non-hydrogen) atoms. The molecule has 0 aliphatic carbocycles. The largest absolute Gasteiger partial charge is 0.465 e. The van der Waals surface area contributed by atoms with Crippen molar-refractivity contribution < 1.29 is 38.1 Å². The van der Waals surface area contributed by atoms with E-state index in [2.05, 4.69) is 4.98 Å². The minimum atomic E-state index is -2.64. The quantitative estimate of drug-likeness (QED) is 0.475. The molecule has 1 aromatic heterocycles. The van der Waals surface area contributed by atoms with Crippen LogP contribution in [0.2, 0.25) is 0 Å². The highest BCUT2D eigenvalue weighted by Gasteiger charge is 2.57. The fraction of sp³-hybridized carbons (Fsp3) is 0.294. The van der Waals surface area contributed by atoms with Gasteiger partial charge in [-0.2, -0.15) is 0 Å². The van der Waals surface area contributed by atoms with Crippen molar-refractivity contribution in [2.75, 3.05) is 21.3 Å². The molecular formula is C17H17NO8. The number of aromatic nitrogens is 1. The van der Waals surface area contributed by atoms with Gasteiger partial charge in [0.25, 0.3) is 0 Å². The number of carbonyl (C=O) groups excluding carboxylic acids is 4. The molecule has 1 heterocycles. The highest BCUT2D eigenvalue weighted by molar-refractivity contribution is 6.12. The van der Waals surface area contributed by atoms with Crippen LogP contribution in [0.15, 0.2) is 24.3 Å². The number of methoxy groups -OCH3 is 3. The first kappa shape index (κ1) is 19.0. The van der Waals surface area contributed by atoms with E-state index in [1.807, 2.05) is 0 Å². The van der Waals surface area contributed by atoms with E-state index in [1.54, 1.807) is 18.2 Å².